The predicted octanol–water partition coefficient (Wildman–Crippen LogP) is 3.99. The summed E-state index contributed by atoms with van der Waals surface area (Å²) in [5, 5.41) is 11.2. The maximum Gasteiger partial charge on any atom is 0.247 e. The molecule has 39 heavy (non-hydrogen) atoms. The van der Waals surface area contributed by atoms with E-state index in [1.807, 2.05) is 55.5 Å². The normalized spacial score (nSPS) is 15.8. The molecule has 1 aliphatic heterocycles. The zero-order chi connectivity index (χ0) is 27.2. The first-order valence-electron chi connectivity index (χ1n) is 13.3. The number of ether oxygens (including phenoxy) is 1. The lowest BCUT2D eigenvalue weighted by Crippen LogP contribution is -2.47. The van der Waals surface area contributed by atoms with Gasteiger partial charge in [0.05, 0.1) is 11.6 Å². The number of carbonyl (C=O) groups is 2. The molecule has 1 aromatic heterocycles. The van der Waals surface area contributed by atoms with E-state index in [9.17, 15) is 9.59 Å². The molecule has 1 saturated heterocycles. The van der Waals surface area contributed by atoms with Gasteiger partial charge in [-0.15, -0.1) is 5.10 Å². The van der Waals surface area contributed by atoms with Crippen LogP contribution < -0.4 is 5.32 Å². The Hall–Kier alpha value is -4.11. The Bertz CT molecular complexity index is 1450. The van der Waals surface area contributed by atoms with Crippen molar-refractivity contribution in [1.82, 2.24) is 25.2 Å². The van der Waals surface area contributed by atoms with Crippen molar-refractivity contribution in [3.8, 4) is 0 Å². The van der Waals surface area contributed by atoms with Crippen molar-refractivity contribution in [3.05, 3.63) is 95.3 Å². The summed E-state index contributed by atoms with van der Waals surface area (Å²) in [4.78, 5) is 29.1. The van der Waals surface area contributed by atoms with E-state index < -0.39 is 17.8 Å². The van der Waals surface area contributed by atoms with Crippen LogP contribution in [0.3, 0.4) is 0 Å². The highest BCUT2D eigenvalue weighted by Crippen LogP contribution is 2.26. The third kappa shape index (κ3) is 6.31. The lowest BCUT2D eigenvalue weighted by molar-refractivity contribution is -0.141. The first-order valence-corrected chi connectivity index (χ1v) is 13.3. The van der Waals surface area contributed by atoms with Crippen molar-refractivity contribution in [3.63, 3.8) is 0 Å². The highest BCUT2D eigenvalue weighted by molar-refractivity contribution is 5.89. The Morgan fingerprint density at radius 1 is 1.13 bits per heavy atom. The Kier molecular flexibility index (Phi) is 8.27. The number of amides is 2. The minimum Gasteiger partial charge on any atom is -0.376 e. The summed E-state index contributed by atoms with van der Waals surface area (Å²) in [6, 6.07) is 20.3. The monoisotopic (exact) mass is 529 g/mol. The van der Waals surface area contributed by atoms with Gasteiger partial charge in [-0.05, 0) is 49.9 Å². The standard InChI is InChI=1S/C30H32FN5O3/c1-21-8-6-9-22(18-21)15-16-35(28(37)20-36-27-14-5-4-13-26(27)33-34-36)29(24-11-2-3-12-25(24)31)30(38)32-19-23-10-7-17-39-23/h2-6,8-9,11-14,18,23,29H,7,10,15-17,19-20H2,1H3,(H,32,38)/t23-,29-/m1/s1. The molecular formula is C30H32FN5O3. The van der Waals surface area contributed by atoms with E-state index in [0.29, 0.717) is 30.6 Å². The van der Waals surface area contributed by atoms with Gasteiger partial charge in [0.25, 0.3) is 0 Å². The summed E-state index contributed by atoms with van der Waals surface area (Å²) in [6.07, 6.45) is 2.19. The first-order chi connectivity index (χ1) is 19.0. The van der Waals surface area contributed by atoms with Crippen LogP contribution in [-0.2, 0) is 27.3 Å². The summed E-state index contributed by atoms with van der Waals surface area (Å²) in [6.45, 7) is 3.03. The number of nitrogens with one attached hydrogen (secondary N) is 1. The van der Waals surface area contributed by atoms with Crippen molar-refractivity contribution in [1.29, 1.82) is 0 Å². The van der Waals surface area contributed by atoms with E-state index in [2.05, 4.69) is 15.6 Å². The molecule has 0 aliphatic carbocycles. The van der Waals surface area contributed by atoms with Crippen LogP contribution in [0.4, 0.5) is 4.39 Å². The van der Waals surface area contributed by atoms with Gasteiger partial charge < -0.3 is 15.0 Å². The Morgan fingerprint density at radius 2 is 1.95 bits per heavy atom. The lowest BCUT2D eigenvalue weighted by atomic mass is 10.0. The van der Waals surface area contributed by atoms with Gasteiger partial charge in [0, 0.05) is 25.3 Å². The first kappa shape index (κ1) is 26.5. The fraction of sp³-hybridized carbons (Fsp3) is 0.333. The quantitative estimate of drug-likeness (QED) is 0.336. The van der Waals surface area contributed by atoms with Crippen LogP contribution in [0.1, 0.15) is 35.6 Å². The van der Waals surface area contributed by atoms with E-state index in [-0.39, 0.29) is 30.7 Å². The van der Waals surface area contributed by atoms with Gasteiger partial charge in [0.1, 0.15) is 23.9 Å². The number of aryl methyl sites for hydroxylation is 1. The van der Waals surface area contributed by atoms with Crippen molar-refractivity contribution in [2.45, 2.75) is 44.9 Å². The topological polar surface area (TPSA) is 89.4 Å². The van der Waals surface area contributed by atoms with Crippen LogP contribution in [0.25, 0.3) is 11.0 Å². The minimum atomic E-state index is -1.17. The molecular weight excluding hydrogens is 497 g/mol. The summed E-state index contributed by atoms with van der Waals surface area (Å²) in [7, 11) is 0. The Balaban J connectivity index is 1.47. The van der Waals surface area contributed by atoms with Crippen molar-refractivity contribution in [2.24, 2.45) is 0 Å². The second-order valence-electron chi connectivity index (χ2n) is 9.87. The molecule has 1 N–H and O–H groups in total. The van der Waals surface area contributed by atoms with Crippen LogP contribution in [0.2, 0.25) is 0 Å². The van der Waals surface area contributed by atoms with Gasteiger partial charge in [-0.2, -0.15) is 0 Å². The minimum absolute atomic E-state index is 0.0896. The van der Waals surface area contributed by atoms with Crippen molar-refractivity contribution < 1.29 is 18.7 Å². The smallest absolute Gasteiger partial charge is 0.247 e. The number of hydrogen-bond acceptors (Lipinski definition) is 5. The molecule has 0 unspecified atom stereocenters. The average molecular weight is 530 g/mol. The SMILES string of the molecule is Cc1cccc(CCN(C(=O)Cn2nnc3ccccc32)[C@@H](C(=O)NC[C@H]2CCCO2)c2ccccc2F)c1. The largest absolute Gasteiger partial charge is 0.376 e. The summed E-state index contributed by atoms with van der Waals surface area (Å²) >= 11 is 0. The molecule has 2 atom stereocenters. The number of aromatic nitrogens is 3. The number of hydrogen-bond donors (Lipinski definition) is 1. The fourth-order valence-corrected chi connectivity index (χ4v) is 5.03. The second kappa shape index (κ2) is 12.2. The molecule has 0 bridgehead atoms. The lowest BCUT2D eigenvalue weighted by Gasteiger charge is -2.32. The zero-order valence-corrected chi connectivity index (χ0v) is 21.9. The molecule has 0 saturated carbocycles. The highest BCUT2D eigenvalue weighted by atomic mass is 19.1. The molecule has 0 radical (unpaired) electrons. The van der Waals surface area contributed by atoms with Gasteiger partial charge in [-0.3, -0.25) is 9.59 Å². The second-order valence-corrected chi connectivity index (χ2v) is 9.87. The molecule has 202 valence electrons. The van der Waals surface area contributed by atoms with E-state index in [1.165, 1.54) is 15.6 Å². The maximum atomic E-state index is 15.2. The number of para-hydroxylation sites is 1. The Morgan fingerprint density at radius 3 is 2.74 bits per heavy atom. The molecule has 4 aromatic rings. The molecule has 8 nitrogen and oxygen atoms in total. The average Bonchev–Trinajstić information content (AvgIpc) is 3.61. The molecule has 9 heteroatoms. The molecule has 0 spiro atoms. The number of nitrogens with zero attached hydrogens (tertiary/aromatic N) is 4. The van der Waals surface area contributed by atoms with Crippen molar-refractivity contribution in [2.75, 3.05) is 19.7 Å². The number of halogens is 1. The molecule has 1 aliphatic rings. The summed E-state index contributed by atoms with van der Waals surface area (Å²) in [5.41, 5.74) is 3.63. The van der Waals surface area contributed by atoms with E-state index in [0.717, 1.165) is 24.0 Å². The molecule has 2 amide bonds. The zero-order valence-electron chi connectivity index (χ0n) is 21.9. The highest BCUT2D eigenvalue weighted by Gasteiger charge is 2.34. The third-order valence-electron chi connectivity index (χ3n) is 7.04. The van der Waals surface area contributed by atoms with Gasteiger partial charge in [0.2, 0.25) is 11.8 Å². The fourth-order valence-electron chi connectivity index (χ4n) is 5.03. The van der Waals surface area contributed by atoms with Crippen LogP contribution in [0.5, 0.6) is 0 Å². The maximum absolute atomic E-state index is 15.2. The van der Waals surface area contributed by atoms with Gasteiger partial charge in [-0.1, -0.05) is 65.4 Å². The molecule has 1 fully saturated rings. The van der Waals surface area contributed by atoms with Gasteiger partial charge >= 0.3 is 0 Å². The van der Waals surface area contributed by atoms with Crippen molar-refractivity contribution >= 4 is 22.8 Å². The van der Waals surface area contributed by atoms with Crippen LogP contribution in [-0.4, -0.2) is 57.5 Å². The summed E-state index contributed by atoms with van der Waals surface area (Å²) in [5.74, 6) is -1.36. The molecule has 3 aromatic carbocycles. The van der Waals surface area contributed by atoms with Crippen LogP contribution in [0, 0.1) is 12.7 Å². The third-order valence-corrected chi connectivity index (χ3v) is 7.04. The Labute approximate surface area is 226 Å². The molecule has 5 rings (SSSR count). The number of fused-ring (bicyclic) bond motifs is 1. The molecule has 2 heterocycles. The summed E-state index contributed by atoms with van der Waals surface area (Å²) < 4.78 is 22.4. The number of benzene rings is 3. The number of carbonyl (C=O) groups excluding carboxylic acids is 2. The predicted molar refractivity (Wildman–Crippen MR) is 145 cm³/mol. The van der Waals surface area contributed by atoms with E-state index in [1.54, 1.807) is 18.2 Å². The van der Waals surface area contributed by atoms with E-state index in [4.69, 9.17) is 4.74 Å². The van der Waals surface area contributed by atoms with Gasteiger partial charge in [0.15, 0.2) is 0 Å². The van der Waals surface area contributed by atoms with E-state index >= 15 is 4.39 Å². The van der Waals surface area contributed by atoms with Crippen LogP contribution in [0.15, 0.2) is 72.8 Å². The van der Waals surface area contributed by atoms with Gasteiger partial charge in [-0.25, -0.2) is 9.07 Å². The number of rotatable bonds is 10. The van der Waals surface area contributed by atoms with Crippen LogP contribution >= 0.6 is 0 Å².